The first-order valence-corrected chi connectivity index (χ1v) is 9.97. The number of nitrogens with zero attached hydrogens (tertiary/aromatic N) is 1. The number of benzene rings is 2. The summed E-state index contributed by atoms with van der Waals surface area (Å²) >= 11 is 0. The van der Waals surface area contributed by atoms with Crippen molar-refractivity contribution in [3.63, 3.8) is 0 Å². The van der Waals surface area contributed by atoms with Crippen LogP contribution in [0.3, 0.4) is 0 Å². The fourth-order valence-corrected chi connectivity index (χ4v) is 3.55. The average Bonchev–Trinajstić information content (AvgIpc) is 2.63. The molecule has 0 aliphatic rings. The van der Waals surface area contributed by atoms with E-state index in [0.717, 1.165) is 24.1 Å². The molecule has 0 saturated heterocycles. The number of hydrogen-bond acceptors (Lipinski definition) is 3. The maximum absolute atomic E-state index is 12.9. The van der Waals surface area contributed by atoms with Crippen LogP contribution >= 0.6 is 0 Å². The number of sulfonamides is 1. The predicted molar refractivity (Wildman–Crippen MR) is 98.6 cm³/mol. The third kappa shape index (κ3) is 5.93. The zero-order valence-electron chi connectivity index (χ0n) is 14.7. The third-order valence-corrected chi connectivity index (χ3v) is 5.48. The van der Waals surface area contributed by atoms with Crippen molar-refractivity contribution < 1.29 is 17.6 Å². The fourth-order valence-electron chi connectivity index (χ4n) is 2.52. The molecule has 2 rings (SSSR count). The van der Waals surface area contributed by atoms with Crippen LogP contribution in [0.4, 0.5) is 4.39 Å². The van der Waals surface area contributed by atoms with Crippen LogP contribution in [0, 0.1) is 5.82 Å². The fraction of sp³-hybridized carbons (Fsp3) is 0.316. The molecule has 0 bridgehead atoms. The lowest BCUT2D eigenvalue weighted by Gasteiger charge is -2.21. The highest BCUT2D eigenvalue weighted by atomic mass is 32.2. The zero-order chi connectivity index (χ0) is 19.0. The summed E-state index contributed by atoms with van der Waals surface area (Å²) in [4.78, 5) is 14.0. The first-order valence-electron chi connectivity index (χ1n) is 8.49. The lowest BCUT2D eigenvalue weighted by Crippen LogP contribution is -2.35. The number of carbonyl (C=O) groups excluding carboxylic acids is 1. The van der Waals surface area contributed by atoms with Gasteiger partial charge in [0, 0.05) is 26.1 Å². The van der Waals surface area contributed by atoms with E-state index in [-0.39, 0.29) is 23.8 Å². The van der Waals surface area contributed by atoms with E-state index in [1.807, 2.05) is 37.3 Å². The Labute approximate surface area is 153 Å². The molecule has 1 amide bonds. The Hall–Kier alpha value is -2.25. The molecule has 140 valence electrons. The monoisotopic (exact) mass is 378 g/mol. The molecule has 0 aromatic heterocycles. The van der Waals surface area contributed by atoms with Gasteiger partial charge in [-0.15, -0.1) is 0 Å². The second-order valence-electron chi connectivity index (χ2n) is 5.81. The molecule has 0 heterocycles. The Bertz CT molecular complexity index is 808. The van der Waals surface area contributed by atoms with Gasteiger partial charge in [0.05, 0.1) is 4.90 Å². The van der Waals surface area contributed by atoms with Gasteiger partial charge in [0.25, 0.3) is 0 Å². The number of carbonyl (C=O) groups is 1. The van der Waals surface area contributed by atoms with E-state index in [1.54, 1.807) is 4.90 Å². The van der Waals surface area contributed by atoms with E-state index in [4.69, 9.17) is 0 Å². The summed E-state index contributed by atoms with van der Waals surface area (Å²) in [6.45, 7) is 3.05. The Kier molecular flexibility index (Phi) is 7.29. The molecule has 0 saturated carbocycles. The van der Waals surface area contributed by atoms with E-state index in [0.29, 0.717) is 13.1 Å². The number of likely N-dealkylation sites (N-methyl/N-ethyl adjacent to an activating group) is 1. The average molecular weight is 378 g/mol. The molecule has 0 atom stereocenters. The lowest BCUT2D eigenvalue weighted by atomic mass is 10.1. The predicted octanol–water partition coefficient (Wildman–Crippen LogP) is 2.59. The molecule has 0 unspecified atom stereocenters. The molecule has 0 fully saturated rings. The minimum Gasteiger partial charge on any atom is -0.343 e. The molecule has 5 nitrogen and oxygen atoms in total. The van der Waals surface area contributed by atoms with Crippen LogP contribution in [-0.4, -0.2) is 38.9 Å². The van der Waals surface area contributed by atoms with Crippen molar-refractivity contribution in [1.29, 1.82) is 0 Å². The van der Waals surface area contributed by atoms with E-state index in [1.165, 1.54) is 12.1 Å². The topological polar surface area (TPSA) is 66.5 Å². The van der Waals surface area contributed by atoms with Gasteiger partial charge in [-0.05, 0) is 43.2 Å². The summed E-state index contributed by atoms with van der Waals surface area (Å²) in [5.41, 5.74) is 1.15. The molecule has 0 radical (unpaired) electrons. The van der Waals surface area contributed by atoms with Crippen molar-refractivity contribution in [2.75, 3.05) is 19.6 Å². The van der Waals surface area contributed by atoms with Gasteiger partial charge in [0.15, 0.2) is 0 Å². The smallest absolute Gasteiger partial charge is 0.240 e. The van der Waals surface area contributed by atoms with Gasteiger partial charge < -0.3 is 4.90 Å². The molecule has 2 aromatic carbocycles. The van der Waals surface area contributed by atoms with E-state index < -0.39 is 15.8 Å². The van der Waals surface area contributed by atoms with Gasteiger partial charge in [-0.2, -0.15) is 0 Å². The summed E-state index contributed by atoms with van der Waals surface area (Å²) in [7, 11) is -3.75. The Morgan fingerprint density at radius 1 is 1.08 bits per heavy atom. The van der Waals surface area contributed by atoms with Gasteiger partial charge in [0.1, 0.15) is 5.82 Å². The third-order valence-electron chi connectivity index (χ3n) is 4.00. The van der Waals surface area contributed by atoms with Gasteiger partial charge in [-0.1, -0.05) is 30.3 Å². The van der Waals surface area contributed by atoms with Crippen LogP contribution < -0.4 is 4.72 Å². The molecule has 0 aliphatic carbocycles. The summed E-state index contributed by atoms with van der Waals surface area (Å²) in [5, 5.41) is 0. The van der Waals surface area contributed by atoms with Crippen molar-refractivity contribution in [2.24, 2.45) is 0 Å². The van der Waals surface area contributed by atoms with Crippen LogP contribution in [0.2, 0.25) is 0 Å². The molecular formula is C19H23FN2O3S. The van der Waals surface area contributed by atoms with Gasteiger partial charge in [-0.3, -0.25) is 4.79 Å². The Morgan fingerprint density at radius 3 is 2.35 bits per heavy atom. The van der Waals surface area contributed by atoms with Gasteiger partial charge in [0.2, 0.25) is 15.9 Å². The van der Waals surface area contributed by atoms with E-state index in [2.05, 4.69) is 4.72 Å². The minimum atomic E-state index is -3.75. The van der Waals surface area contributed by atoms with Crippen LogP contribution in [0.5, 0.6) is 0 Å². The molecule has 2 aromatic rings. The minimum absolute atomic E-state index is 0.000377. The van der Waals surface area contributed by atoms with Crippen LogP contribution in [0.25, 0.3) is 0 Å². The molecule has 1 N–H and O–H groups in total. The first kappa shape index (κ1) is 20.1. The van der Waals surface area contributed by atoms with Crippen molar-refractivity contribution in [3.8, 4) is 0 Å². The normalized spacial score (nSPS) is 11.3. The molecule has 7 heteroatoms. The van der Waals surface area contributed by atoms with E-state index in [9.17, 15) is 17.6 Å². The van der Waals surface area contributed by atoms with Crippen LogP contribution in [0.1, 0.15) is 18.9 Å². The number of nitrogens with one attached hydrogen (secondary N) is 1. The van der Waals surface area contributed by atoms with Crippen molar-refractivity contribution >= 4 is 15.9 Å². The summed E-state index contributed by atoms with van der Waals surface area (Å²) < 4.78 is 39.5. The lowest BCUT2D eigenvalue weighted by molar-refractivity contribution is -0.130. The van der Waals surface area contributed by atoms with Crippen LogP contribution in [0.15, 0.2) is 59.5 Å². The quantitative estimate of drug-likeness (QED) is 0.729. The van der Waals surface area contributed by atoms with Crippen LogP contribution in [-0.2, 0) is 21.2 Å². The maximum Gasteiger partial charge on any atom is 0.240 e. The Morgan fingerprint density at radius 2 is 1.73 bits per heavy atom. The second-order valence-corrected chi connectivity index (χ2v) is 7.58. The summed E-state index contributed by atoms with van der Waals surface area (Å²) in [6, 6.07) is 14.4. The summed E-state index contributed by atoms with van der Waals surface area (Å²) in [5.74, 6) is -0.610. The first-order chi connectivity index (χ1) is 12.4. The number of amides is 1. The standard InChI is InChI=1S/C19H23FN2O3S/c1-2-22(15-13-16-6-4-3-5-7-16)19(23)12-14-21-26(24,25)18-10-8-17(20)9-11-18/h3-11,21H,2,12-15H2,1H3. The van der Waals surface area contributed by atoms with Gasteiger partial charge >= 0.3 is 0 Å². The highest BCUT2D eigenvalue weighted by Crippen LogP contribution is 2.09. The number of rotatable bonds is 9. The van der Waals surface area contributed by atoms with Crippen molar-refractivity contribution in [2.45, 2.75) is 24.7 Å². The maximum atomic E-state index is 12.9. The van der Waals surface area contributed by atoms with Crippen molar-refractivity contribution in [3.05, 3.63) is 66.0 Å². The molecular weight excluding hydrogens is 355 g/mol. The molecule has 0 spiro atoms. The van der Waals surface area contributed by atoms with Crippen molar-refractivity contribution in [1.82, 2.24) is 9.62 Å². The van der Waals surface area contributed by atoms with Gasteiger partial charge in [-0.25, -0.2) is 17.5 Å². The Balaban J connectivity index is 1.83. The number of hydrogen-bond donors (Lipinski definition) is 1. The SMILES string of the molecule is CCN(CCc1ccccc1)C(=O)CCNS(=O)(=O)c1ccc(F)cc1. The highest BCUT2D eigenvalue weighted by Gasteiger charge is 2.16. The largest absolute Gasteiger partial charge is 0.343 e. The molecule has 26 heavy (non-hydrogen) atoms. The molecule has 0 aliphatic heterocycles. The zero-order valence-corrected chi connectivity index (χ0v) is 15.5. The number of halogens is 1. The van der Waals surface area contributed by atoms with E-state index >= 15 is 0 Å². The highest BCUT2D eigenvalue weighted by molar-refractivity contribution is 7.89. The second kappa shape index (κ2) is 9.45. The summed E-state index contributed by atoms with van der Waals surface area (Å²) in [6.07, 6.45) is 0.824.